The second-order valence-electron chi connectivity index (χ2n) is 6.07. The Balaban J connectivity index is 1.82. The fourth-order valence-corrected chi connectivity index (χ4v) is 2.25. The van der Waals surface area contributed by atoms with Crippen molar-refractivity contribution in [2.45, 2.75) is 32.5 Å². The molecule has 0 heterocycles. The first kappa shape index (κ1) is 21.3. The molecule has 150 valence electrons. The zero-order valence-electron chi connectivity index (χ0n) is 15.3. The van der Waals surface area contributed by atoms with Gasteiger partial charge < -0.3 is 15.4 Å². The van der Waals surface area contributed by atoms with Gasteiger partial charge in [0.2, 0.25) is 0 Å². The van der Waals surface area contributed by atoms with E-state index in [1.54, 1.807) is 24.3 Å². The fraction of sp³-hybridized carbons (Fsp3) is 0.300. The first-order chi connectivity index (χ1) is 13.3. The molecule has 0 unspecified atom stereocenters. The number of nitrogens with one attached hydrogen (secondary N) is 2. The second kappa shape index (κ2) is 9.77. The van der Waals surface area contributed by atoms with E-state index in [0.717, 1.165) is 25.0 Å². The van der Waals surface area contributed by atoms with Gasteiger partial charge in [-0.2, -0.15) is 13.2 Å². The maximum atomic E-state index is 12.5. The van der Waals surface area contributed by atoms with Crippen LogP contribution in [0.4, 0.5) is 23.7 Å². The summed E-state index contributed by atoms with van der Waals surface area (Å²) in [4.78, 5) is 23.7. The summed E-state index contributed by atoms with van der Waals surface area (Å²) < 4.78 is 42.7. The minimum Gasteiger partial charge on any atom is -0.462 e. The van der Waals surface area contributed by atoms with Crippen LogP contribution in [0.15, 0.2) is 48.5 Å². The van der Waals surface area contributed by atoms with Crippen molar-refractivity contribution in [3.8, 4) is 0 Å². The van der Waals surface area contributed by atoms with Crippen molar-refractivity contribution in [1.29, 1.82) is 0 Å². The number of urea groups is 1. The van der Waals surface area contributed by atoms with E-state index < -0.39 is 23.7 Å². The lowest BCUT2D eigenvalue weighted by molar-refractivity contribution is -0.137. The summed E-state index contributed by atoms with van der Waals surface area (Å²) in [5, 5.41) is 5.14. The maximum Gasteiger partial charge on any atom is 0.416 e. The number of hydrogen-bond acceptors (Lipinski definition) is 3. The van der Waals surface area contributed by atoms with Crippen LogP contribution in [0, 0.1) is 0 Å². The molecule has 0 saturated heterocycles. The molecule has 0 aliphatic rings. The number of anilines is 1. The van der Waals surface area contributed by atoms with E-state index in [4.69, 9.17) is 4.74 Å². The summed E-state index contributed by atoms with van der Waals surface area (Å²) in [6.07, 6.45) is -2.67. The minimum absolute atomic E-state index is 0.0752. The number of hydrogen-bond donors (Lipinski definition) is 2. The third-order valence-electron chi connectivity index (χ3n) is 3.84. The minimum atomic E-state index is -4.39. The Bertz CT molecular complexity index is 788. The van der Waals surface area contributed by atoms with Crippen LogP contribution in [0.2, 0.25) is 0 Å². The van der Waals surface area contributed by atoms with E-state index in [9.17, 15) is 22.8 Å². The van der Waals surface area contributed by atoms with E-state index in [0.29, 0.717) is 23.4 Å². The van der Waals surface area contributed by atoms with E-state index >= 15 is 0 Å². The topological polar surface area (TPSA) is 67.4 Å². The van der Waals surface area contributed by atoms with Crippen LogP contribution in [0.3, 0.4) is 0 Å². The molecule has 0 atom stereocenters. The summed E-state index contributed by atoms with van der Waals surface area (Å²) in [5.41, 5.74) is 0.643. The number of rotatable bonds is 7. The highest BCUT2D eigenvalue weighted by molar-refractivity contribution is 5.92. The highest BCUT2D eigenvalue weighted by Crippen LogP contribution is 2.29. The lowest BCUT2D eigenvalue weighted by Gasteiger charge is -2.10. The molecule has 0 fully saturated rings. The predicted octanol–water partition coefficient (Wildman–Crippen LogP) is 4.98. The zero-order valence-corrected chi connectivity index (χ0v) is 15.3. The molecule has 0 aromatic heterocycles. The molecule has 0 aliphatic heterocycles. The molecule has 5 nitrogen and oxygen atoms in total. The number of alkyl halides is 3. The Morgan fingerprint density at radius 1 is 1.00 bits per heavy atom. The fourth-order valence-electron chi connectivity index (χ4n) is 2.25. The van der Waals surface area contributed by atoms with Crippen LogP contribution in [0.1, 0.15) is 41.3 Å². The standard InChI is InChI=1S/C20H21F3N2O3/c1-2-3-12-28-18(26)15-6-10-17(11-7-15)25-19(27)24-13-14-4-8-16(9-5-14)20(21,22)23/h4-11H,2-3,12-13H2,1H3,(H2,24,25,27). The second-order valence-corrected chi connectivity index (χ2v) is 6.07. The molecular formula is C20H21F3N2O3. The molecule has 2 rings (SSSR count). The third-order valence-corrected chi connectivity index (χ3v) is 3.84. The van der Waals surface area contributed by atoms with Crippen LogP contribution in [-0.2, 0) is 17.5 Å². The highest BCUT2D eigenvalue weighted by Gasteiger charge is 2.29. The van der Waals surface area contributed by atoms with Gasteiger partial charge in [0.1, 0.15) is 0 Å². The van der Waals surface area contributed by atoms with Crippen molar-refractivity contribution in [1.82, 2.24) is 5.32 Å². The largest absolute Gasteiger partial charge is 0.462 e. The summed E-state index contributed by atoms with van der Waals surface area (Å²) in [5.74, 6) is -0.424. The molecule has 0 bridgehead atoms. The Labute approximate surface area is 160 Å². The molecule has 0 radical (unpaired) electrons. The van der Waals surface area contributed by atoms with Gasteiger partial charge >= 0.3 is 18.2 Å². The number of amides is 2. The number of esters is 1. The van der Waals surface area contributed by atoms with Gasteiger partial charge in [-0.25, -0.2) is 9.59 Å². The third kappa shape index (κ3) is 6.61. The van der Waals surface area contributed by atoms with Crippen molar-refractivity contribution >= 4 is 17.7 Å². The van der Waals surface area contributed by atoms with E-state index in [1.165, 1.54) is 12.1 Å². The monoisotopic (exact) mass is 394 g/mol. The predicted molar refractivity (Wildman–Crippen MR) is 98.9 cm³/mol. The van der Waals surface area contributed by atoms with Gasteiger partial charge in [-0.15, -0.1) is 0 Å². The van der Waals surface area contributed by atoms with Gasteiger partial charge in [0.05, 0.1) is 17.7 Å². The molecule has 2 amide bonds. The summed E-state index contributed by atoms with van der Waals surface area (Å²) >= 11 is 0. The number of carbonyl (C=O) groups excluding carboxylic acids is 2. The van der Waals surface area contributed by atoms with E-state index in [1.807, 2.05) is 6.92 Å². The highest BCUT2D eigenvalue weighted by atomic mass is 19.4. The Kier molecular flexibility index (Phi) is 7.43. The zero-order chi connectivity index (χ0) is 20.6. The van der Waals surface area contributed by atoms with Crippen LogP contribution >= 0.6 is 0 Å². The summed E-state index contributed by atoms with van der Waals surface area (Å²) in [6.45, 7) is 2.43. The van der Waals surface area contributed by atoms with Crippen molar-refractivity contribution in [2.75, 3.05) is 11.9 Å². The average Bonchev–Trinajstić information content (AvgIpc) is 2.67. The molecule has 2 aromatic rings. The van der Waals surface area contributed by atoms with Gasteiger partial charge in [-0.1, -0.05) is 25.5 Å². The first-order valence-electron chi connectivity index (χ1n) is 8.77. The number of carbonyl (C=O) groups is 2. The van der Waals surface area contributed by atoms with E-state index in [-0.39, 0.29) is 6.54 Å². The number of ether oxygens (including phenoxy) is 1. The average molecular weight is 394 g/mol. The Hall–Kier alpha value is -3.03. The van der Waals surface area contributed by atoms with Gasteiger partial charge in [0.25, 0.3) is 0 Å². The van der Waals surface area contributed by atoms with Crippen molar-refractivity contribution in [2.24, 2.45) is 0 Å². The molecule has 0 saturated carbocycles. The van der Waals surface area contributed by atoms with Crippen molar-refractivity contribution in [3.05, 3.63) is 65.2 Å². The molecule has 2 N–H and O–H groups in total. The van der Waals surface area contributed by atoms with Gasteiger partial charge in [0, 0.05) is 12.2 Å². The summed E-state index contributed by atoms with van der Waals surface area (Å²) in [6, 6.07) is 10.2. The molecule has 0 aliphatic carbocycles. The van der Waals surface area contributed by atoms with Crippen molar-refractivity contribution in [3.63, 3.8) is 0 Å². The lowest BCUT2D eigenvalue weighted by atomic mass is 10.1. The Morgan fingerprint density at radius 3 is 2.21 bits per heavy atom. The molecule has 2 aromatic carbocycles. The van der Waals surface area contributed by atoms with E-state index in [2.05, 4.69) is 10.6 Å². The number of unbranched alkanes of at least 4 members (excludes halogenated alkanes) is 1. The first-order valence-corrected chi connectivity index (χ1v) is 8.77. The molecule has 0 spiro atoms. The van der Waals surface area contributed by atoms with Crippen LogP contribution in [0.25, 0.3) is 0 Å². The normalized spacial score (nSPS) is 11.0. The summed E-state index contributed by atoms with van der Waals surface area (Å²) in [7, 11) is 0. The van der Waals surface area contributed by atoms with Crippen molar-refractivity contribution < 1.29 is 27.5 Å². The maximum absolute atomic E-state index is 12.5. The SMILES string of the molecule is CCCCOC(=O)c1ccc(NC(=O)NCc2ccc(C(F)(F)F)cc2)cc1. The number of benzene rings is 2. The smallest absolute Gasteiger partial charge is 0.416 e. The lowest BCUT2D eigenvalue weighted by Crippen LogP contribution is -2.28. The molecule has 28 heavy (non-hydrogen) atoms. The van der Waals surface area contributed by atoms with Gasteiger partial charge in [-0.05, 0) is 48.4 Å². The Morgan fingerprint density at radius 2 is 1.64 bits per heavy atom. The number of halogens is 3. The van der Waals surface area contributed by atoms with Crippen LogP contribution in [-0.4, -0.2) is 18.6 Å². The van der Waals surface area contributed by atoms with Crippen LogP contribution < -0.4 is 10.6 Å². The van der Waals surface area contributed by atoms with Gasteiger partial charge in [-0.3, -0.25) is 0 Å². The molecular weight excluding hydrogens is 373 g/mol. The van der Waals surface area contributed by atoms with Crippen LogP contribution in [0.5, 0.6) is 0 Å². The quantitative estimate of drug-likeness (QED) is 0.514. The molecule has 8 heteroatoms. The van der Waals surface area contributed by atoms with Gasteiger partial charge in [0.15, 0.2) is 0 Å².